The Morgan fingerprint density at radius 1 is 1.10 bits per heavy atom. The zero-order chi connectivity index (χ0) is 20.3. The normalized spacial score (nSPS) is 24.3. The molecule has 0 unspecified atom stereocenters. The highest BCUT2D eigenvalue weighted by molar-refractivity contribution is 5.56. The summed E-state index contributed by atoms with van der Waals surface area (Å²) in [5, 5.41) is 11.1. The molecule has 0 bridgehead atoms. The fraction of sp³-hybridized carbons (Fsp3) is 0.560. The van der Waals surface area contributed by atoms with Gasteiger partial charge >= 0.3 is 0 Å². The van der Waals surface area contributed by atoms with Crippen LogP contribution < -0.4 is 16.0 Å². The Labute approximate surface area is 180 Å². The van der Waals surface area contributed by atoms with Gasteiger partial charge in [0.05, 0.1) is 11.7 Å². The van der Waals surface area contributed by atoms with Crippen LogP contribution in [0.25, 0.3) is 0 Å². The van der Waals surface area contributed by atoms with E-state index in [1.54, 1.807) is 0 Å². The molecule has 30 heavy (non-hydrogen) atoms. The van der Waals surface area contributed by atoms with Crippen molar-refractivity contribution in [2.45, 2.75) is 63.2 Å². The second kappa shape index (κ2) is 9.04. The van der Waals surface area contributed by atoms with Gasteiger partial charge in [0.2, 0.25) is 0 Å². The lowest BCUT2D eigenvalue weighted by Crippen LogP contribution is -2.45. The molecule has 1 aromatic carbocycles. The van der Waals surface area contributed by atoms with E-state index in [1.807, 2.05) is 6.20 Å². The molecular weight excluding hydrogens is 370 g/mol. The van der Waals surface area contributed by atoms with Gasteiger partial charge in [-0.1, -0.05) is 18.2 Å². The van der Waals surface area contributed by atoms with Gasteiger partial charge in [-0.25, -0.2) is 0 Å². The zero-order valence-electron chi connectivity index (χ0n) is 18.2. The van der Waals surface area contributed by atoms with Crippen molar-refractivity contribution in [2.75, 3.05) is 32.0 Å². The van der Waals surface area contributed by atoms with Crippen molar-refractivity contribution >= 4 is 5.69 Å². The van der Waals surface area contributed by atoms with Crippen LogP contribution >= 0.6 is 0 Å². The first kappa shape index (κ1) is 20.0. The van der Waals surface area contributed by atoms with Crippen LogP contribution in [0.2, 0.25) is 0 Å². The second-order valence-corrected chi connectivity index (χ2v) is 9.29. The number of benzene rings is 1. The smallest absolute Gasteiger partial charge is 0.0607 e. The van der Waals surface area contributed by atoms with E-state index in [2.05, 4.69) is 58.2 Å². The van der Waals surface area contributed by atoms with E-state index in [4.69, 9.17) is 4.98 Å². The van der Waals surface area contributed by atoms with Gasteiger partial charge in [-0.2, -0.15) is 0 Å². The molecule has 1 saturated heterocycles. The number of likely N-dealkylation sites (N-methyl/N-ethyl adjacent to an activating group) is 1. The van der Waals surface area contributed by atoms with E-state index in [-0.39, 0.29) is 0 Å². The average Bonchev–Trinajstić information content (AvgIpc) is 2.80. The molecular formula is C25H35N5. The Bertz CT molecular complexity index is 860. The molecule has 3 heterocycles. The molecule has 1 aromatic heterocycles. The molecule has 0 saturated carbocycles. The number of piperidine rings is 1. The summed E-state index contributed by atoms with van der Waals surface area (Å²) < 4.78 is 0. The first-order valence-electron chi connectivity index (χ1n) is 11.7. The summed E-state index contributed by atoms with van der Waals surface area (Å²) in [4.78, 5) is 7.29. The lowest BCUT2D eigenvalue weighted by molar-refractivity contribution is 0.191. The van der Waals surface area contributed by atoms with E-state index in [9.17, 15) is 0 Å². The molecule has 2 aromatic rings. The first-order valence-corrected chi connectivity index (χ1v) is 11.7. The predicted octanol–water partition coefficient (Wildman–Crippen LogP) is 3.27. The fourth-order valence-corrected chi connectivity index (χ4v) is 5.55. The van der Waals surface area contributed by atoms with Crippen molar-refractivity contribution < 1.29 is 0 Å². The van der Waals surface area contributed by atoms with Gasteiger partial charge in [0.15, 0.2) is 0 Å². The van der Waals surface area contributed by atoms with E-state index in [0.717, 1.165) is 32.6 Å². The lowest BCUT2D eigenvalue weighted by atomic mass is 9.89. The largest absolute Gasteiger partial charge is 0.382 e. The molecule has 5 heteroatoms. The summed E-state index contributed by atoms with van der Waals surface area (Å²) in [7, 11) is 2.28. The Morgan fingerprint density at radius 2 is 1.97 bits per heavy atom. The number of hydrogen-bond acceptors (Lipinski definition) is 5. The van der Waals surface area contributed by atoms with Gasteiger partial charge in [0, 0.05) is 37.1 Å². The highest BCUT2D eigenvalue weighted by atomic mass is 15.2. The van der Waals surface area contributed by atoms with E-state index < -0.39 is 0 Å². The quantitative estimate of drug-likeness (QED) is 0.713. The molecule has 1 aliphatic carbocycles. The maximum Gasteiger partial charge on any atom is 0.0607 e. The molecule has 0 spiro atoms. The van der Waals surface area contributed by atoms with Crippen molar-refractivity contribution in [3.63, 3.8) is 0 Å². The number of nitrogens with one attached hydrogen (secondary N) is 3. The summed E-state index contributed by atoms with van der Waals surface area (Å²) in [6, 6.07) is 12.6. The zero-order valence-corrected chi connectivity index (χ0v) is 18.2. The third kappa shape index (κ3) is 4.25. The number of aryl methyl sites for hydroxylation is 1. The van der Waals surface area contributed by atoms with Crippen LogP contribution in [0.5, 0.6) is 0 Å². The minimum atomic E-state index is 0.446. The number of nitrogens with zero attached hydrogens (tertiary/aromatic N) is 2. The maximum atomic E-state index is 4.75. The van der Waals surface area contributed by atoms with Crippen LogP contribution in [0.15, 0.2) is 36.5 Å². The van der Waals surface area contributed by atoms with E-state index in [0.29, 0.717) is 18.1 Å². The predicted molar refractivity (Wildman–Crippen MR) is 123 cm³/mol. The molecule has 2 atom stereocenters. The topological polar surface area (TPSA) is 52.2 Å². The monoisotopic (exact) mass is 405 g/mol. The number of rotatable bonds is 5. The Balaban J connectivity index is 1.28. The number of aromatic nitrogens is 1. The molecule has 0 amide bonds. The SMILES string of the molecule is CN(C[C@H]1Cc2c(cccc2NC2CCNCC2)CN1)[C@H]1CCCc2cccnc21. The average molecular weight is 406 g/mol. The minimum Gasteiger partial charge on any atom is -0.382 e. The molecule has 3 N–H and O–H groups in total. The van der Waals surface area contributed by atoms with E-state index in [1.165, 1.54) is 60.2 Å². The Kier molecular flexibility index (Phi) is 6.02. The standard InChI is InChI=1S/C25H35N5/c1-30(24-9-3-5-18-7-4-12-27-25(18)24)17-21-15-22-19(16-28-21)6-2-8-23(22)29-20-10-13-26-14-11-20/h2,4,6-8,12,20-21,24,26,28-29H,3,5,9-11,13-17H2,1H3/t21-,24+/m1/s1. The summed E-state index contributed by atoms with van der Waals surface area (Å²) in [6.45, 7) is 4.27. The molecule has 2 aliphatic heterocycles. The summed E-state index contributed by atoms with van der Waals surface area (Å²) in [5.74, 6) is 0. The minimum absolute atomic E-state index is 0.446. The molecule has 3 aliphatic rings. The van der Waals surface area contributed by atoms with Crippen LogP contribution in [-0.2, 0) is 19.4 Å². The van der Waals surface area contributed by atoms with Crippen molar-refractivity contribution in [1.29, 1.82) is 0 Å². The number of hydrogen-bond donors (Lipinski definition) is 3. The number of fused-ring (bicyclic) bond motifs is 2. The number of anilines is 1. The van der Waals surface area contributed by atoms with Gasteiger partial charge in [0.1, 0.15) is 0 Å². The second-order valence-electron chi connectivity index (χ2n) is 9.29. The van der Waals surface area contributed by atoms with Gasteiger partial charge in [-0.3, -0.25) is 9.88 Å². The lowest BCUT2D eigenvalue weighted by Gasteiger charge is -2.37. The van der Waals surface area contributed by atoms with Crippen molar-refractivity contribution in [3.8, 4) is 0 Å². The van der Waals surface area contributed by atoms with Crippen molar-refractivity contribution in [1.82, 2.24) is 20.5 Å². The summed E-state index contributed by atoms with van der Waals surface area (Å²) >= 11 is 0. The van der Waals surface area contributed by atoms with Gasteiger partial charge in [-0.15, -0.1) is 0 Å². The van der Waals surface area contributed by atoms with Crippen LogP contribution in [0, 0.1) is 0 Å². The first-order chi connectivity index (χ1) is 14.8. The molecule has 160 valence electrons. The molecule has 1 fully saturated rings. The maximum absolute atomic E-state index is 4.75. The van der Waals surface area contributed by atoms with Crippen LogP contribution in [0.1, 0.15) is 54.1 Å². The fourth-order valence-electron chi connectivity index (χ4n) is 5.55. The summed E-state index contributed by atoms with van der Waals surface area (Å²) in [6.07, 6.45) is 9.12. The van der Waals surface area contributed by atoms with Crippen molar-refractivity contribution in [2.24, 2.45) is 0 Å². The van der Waals surface area contributed by atoms with Gasteiger partial charge in [-0.05, 0) is 87.5 Å². The van der Waals surface area contributed by atoms with Crippen molar-refractivity contribution in [3.05, 3.63) is 58.9 Å². The molecule has 5 rings (SSSR count). The summed E-state index contributed by atoms with van der Waals surface area (Å²) in [5.41, 5.74) is 7.08. The third-order valence-electron chi connectivity index (χ3n) is 7.21. The third-order valence-corrected chi connectivity index (χ3v) is 7.21. The molecule has 5 nitrogen and oxygen atoms in total. The van der Waals surface area contributed by atoms with Gasteiger partial charge in [0.25, 0.3) is 0 Å². The van der Waals surface area contributed by atoms with Crippen LogP contribution in [0.3, 0.4) is 0 Å². The Hall–Kier alpha value is -1.95. The van der Waals surface area contributed by atoms with Crippen LogP contribution in [-0.4, -0.2) is 48.6 Å². The highest BCUT2D eigenvalue weighted by Gasteiger charge is 2.28. The number of pyridine rings is 1. The van der Waals surface area contributed by atoms with Crippen LogP contribution in [0.4, 0.5) is 5.69 Å². The van der Waals surface area contributed by atoms with Gasteiger partial charge < -0.3 is 16.0 Å². The van der Waals surface area contributed by atoms with E-state index >= 15 is 0 Å². The highest BCUT2D eigenvalue weighted by Crippen LogP contribution is 2.33. The Morgan fingerprint density at radius 3 is 2.87 bits per heavy atom. The molecule has 0 radical (unpaired) electrons.